The number of amides is 1. The molecule has 16 heavy (non-hydrogen) atoms. The van der Waals surface area contributed by atoms with Crippen LogP contribution in [0.3, 0.4) is 0 Å². The van der Waals surface area contributed by atoms with Gasteiger partial charge in [0.05, 0.1) is 6.04 Å². The summed E-state index contributed by atoms with van der Waals surface area (Å²) in [5.74, 6) is -0.375. The third-order valence-electron chi connectivity index (χ3n) is 2.84. The molecule has 1 aliphatic heterocycles. The van der Waals surface area contributed by atoms with Gasteiger partial charge in [-0.1, -0.05) is 0 Å². The Balaban J connectivity index is 2.80. The molecule has 0 unspecified atom stereocenters. The molecule has 2 atom stereocenters. The number of nitrogens with zero attached hydrogens (tertiary/aromatic N) is 1. The largest absolute Gasteiger partial charge is 0.405 e. The molecule has 1 aliphatic rings. The predicted octanol–water partition coefficient (Wildman–Crippen LogP) is 0.0864. The van der Waals surface area contributed by atoms with E-state index in [4.69, 9.17) is 5.73 Å². The second-order valence-corrected chi connectivity index (χ2v) is 3.80. The maximum Gasteiger partial charge on any atom is 0.405 e. The van der Waals surface area contributed by atoms with Crippen LogP contribution in [0.1, 0.15) is 12.8 Å². The Morgan fingerprint density at radius 3 is 2.69 bits per heavy atom. The van der Waals surface area contributed by atoms with E-state index in [0.29, 0.717) is 12.8 Å². The first-order valence-electron chi connectivity index (χ1n) is 5.16. The summed E-state index contributed by atoms with van der Waals surface area (Å²) in [5, 5.41) is 2.38. The van der Waals surface area contributed by atoms with E-state index in [0.717, 1.165) is 4.90 Å². The highest BCUT2D eigenvalue weighted by molar-refractivity contribution is 5.81. The van der Waals surface area contributed by atoms with Gasteiger partial charge in [0.1, 0.15) is 6.04 Å². The van der Waals surface area contributed by atoms with E-state index in [1.54, 1.807) is 0 Å². The number of alkyl halides is 3. The number of likely N-dealkylation sites (N-methyl/N-ethyl adjacent to an activating group) is 1. The molecule has 0 aromatic rings. The Labute approximate surface area is 92.0 Å². The topological polar surface area (TPSA) is 58.4 Å². The molecule has 0 radical (unpaired) electrons. The van der Waals surface area contributed by atoms with Crippen LogP contribution in [0.15, 0.2) is 0 Å². The van der Waals surface area contributed by atoms with E-state index in [9.17, 15) is 18.0 Å². The smallest absolute Gasteiger partial charge is 0.358 e. The van der Waals surface area contributed by atoms with Crippen molar-refractivity contribution in [2.75, 3.05) is 20.1 Å². The second-order valence-electron chi connectivity index (χ2n) is 3.80. The molecule has 0 aliphatic carbocycles. The summed E-state index contributed by atoms with van der Waals surface area (Å²) in [6.07, 6.45) is -3.34. The molecule has 4 nitrogen and oxygen atoms in total. The lowest BCUT2D eigenvalue weighted by Crippen LogP contribution is -2.55. The molecule has 1 amide bonds. The van der Waals surface area contributed by atoms with Crippen LogP contribution in [0, 0.1) is 0 Å². The van der Waals surface area contributed by atoms with Crippen molar-refractivity contribution in [2.24, 2.45) is 5.73 Å². The van der Waals surface area contributed by atoms with Crippen LogP contribution in [-0.2, 0) is 4.79 Å². The molecule has 7 heteroatoms. The first kappa shape index (κ1) is 13.2. The first-order valence-corrected chi connectivity index (χ1v) is 5.16. The summed E-state index contributed by atoms with van der Waals surface area (Å²) >= 11 is 0. The van der Waals surface area contributed by atoms with Crippen LogP contribution < -0.4 is 11.1 Å². The average molecular weight is 239 g/mol. The standard InChI is InChI=1S/C9H16F3N3O/c1-14-8(16)6-3-2-4-15(6)7(5-13)9(10,11)12/h6-7H,2-5,13H2,1H3,(H,14,16)/t6-,7-/m1/s1. The molecular formula is C9H16F3N3O. The van der Waals surface area contributed by atoms with E-state index in [1.807, 2.05) is 0 Å². The molecule has 0 bridgehead atoms. The summed E-state index contributed by atoms with van der Waals surface area (Å²) < 4.78 is 38.0. The molecule has 0 spiro atoms. The lowest BCUT2D eigenvalue weighted by molar-refractivity contribution is -0.183. The van der Waals surface area contributed by atoms with Gasteiger partial charge in [0.25, 0.3) is 0 Å². The van der Waals surface area contributed by atoms with Gasteiger partial charge < -0.3 is 11.1 Å². The molecule has 1 fully saturated rings. The van der Waals surface area contributed by atoms with Crippen molar-refractivity contribution in [1.29, 1.82) is 0 Å². The van der Waals surface area contributed by atoms with Gasteiger partial charge in [-0.15, -0.1) is 0 Å². The maximum absolute atomic E-state index is 12.7. The summed E-state index contributed by atoms with van der Waals surface area (Å²) in [6, 6.07) is -2.43. The number of rotatable bonds is 3. The minimum absolute atomic E-state index is 0.263. The van der Waals surface area contributed by atoms with Gasteiger partial charge in [-0.05, 0) is 19.4 Å². The number of hydrogen-bond donors (Lipinski definition) is 2. The molecule has 0 saturated carbocycles. The average Bonchev–Trinajstić information content (AvgIpc) is 2.64. The van der Waals surface area contributed by atoms with Crippen LogP contribution >= 0.6 is 0 Å². The van der Waals surface area contributed by atoms with E-state index >= 15 is 0 Å². The van der Waals surface area contributed by atoms with Crippen molar-refractivity contribution in [3.63, 3.8) is 0 Å². The lowest BCUT2D eigenvalue weighted by Gasteiger charge is -2.32. The fourth-order valence-electron chi connectivity index (χ4n) is 2.07. The number of nitrogens with two attached hydrogens (primary N) is 1. The highest BCUT2D eigenvalue weighted by atomic mass is 19.4. The van der Waals surface area contributed by atoms with Crippen molar-refractivity contribution in [3.8, 4) is 0 Å². The number of halogens is 3. The molecule has 1 rings (SSSR count). The fraction of sp³-hybridized carbons (Fsp3) is 0.889. The van der Waals surface area contributed by atoms with Crippen molar-refractivity contribution in [2.45, 2.75) is 31.1 Å². The van der Waals surface area contributed by atoms with Gasteiger partial charge in [0.2, 0.25) is 5.91 Å². The lowest BCUT2D eigenvalue weighted by atomic mass is 10.1. The van der Waals surface area contributed by atoms with Crippen molar-refractivity contribution >= 4 is 5.91 Å². The highest BCUT2D eigenvalue weighted by Gasteiger charge is 2.47. The SMILES string of the molecule is CNC(=O)[C@H]1CCCN1[C@H](CN)C(F)(F)F. The molecular weight excluding hydrogens is 223 g/mol. The second kappa shape index (κ2) is 5.01. The van der Waals surface area contributed by atoms with Gasteiger partial charge in [0.15, 0.2) is 0 Å². The Hall–Kier alpha value is -0.820. The van der Waals surface area contributed by atoms with Crippen molar-refractivity contribution in [3.05, 3.63) is 0 Å². The Kier molecular flexibility index (Phi) is 4.15. The highest BCUT2D eigenvalue weighted by Crippen LogP contribution is 2.30. The Bertz CT molecular complexity index is 257. The Morgan fingerprint density at radius 2 is 2.25 bits per heavy atom. The zero-order valence-corrected chi connectivity index (χ0v) is 9.05. The molecule has 3 N–H and O–H groups in total. The maximum atomic E-state index is 12.7. The monoisotopic (exact) mass is 239 g/mol. The third kappa shape index (κ3) is 2.65. The van der Waals surface area contributed by atoms with E-state index in [1.165, 1.54) is 7.05 Å². The normalized spacial score (nSPS) is 24.4. The summed E-state index contributed by atoms with van der Waals surface area (Å²) in [4.78, 5) is 12.6. The van der Waals surface area contributed by atoms with Crippen LogP contribution in [-0.4, -0.2) is 49.2 Å². The molecule has 94 valence electrons. The zero-order valence-electron chi connectivity index (χ0n) is 9.05. The quantitative estimate of drug-likeness (QED) is 0.733. The molecule has 1 heterocycles. The van der Waals surface area contributed by atoms with Gasteiger partial charge in [-0.25, -0.2) is 0 Å². The minimum atomic E-state index is -4.38. The predicted molar refractivity (Wildman–Crippen MR) is 52.7 cm³/mol. The zero-order chi connectivity index (χ0) is 12.3. The van der Waals surface area contributed by atoms with E-state index < -0.39 is 24.8 Å². The van der Waals surface area contributed by atoms with Crippen molar-refractivity contribution in [1.82, 2.24) is 10.2 Å². The van der Waals surface area contributed by atoms with Crippen LogP contribution in [0.2, 0.25) is 0 Å². The van der Waals surface area contributed by atoms with E-state index in [2.05, 4.69) is 5.32 Å². The number of hydrogen-bond acceptors (Lipinski definition) is 3. The Morgan fingerprint density at radius 1 is 1.62 bits per heavy atom. The van der Waals surface area contributed by atoms with Gasteiger partial charge in [-0.2, -0.15) is 13.2 Å². The van der Waals surface area contributed by atoms with Gasteiger partial charge in [-0.3, -0.25) is 9.69 Å². The molecule has 0 aromatic carbocycles. The number of nitrogens with one attached hydrogen (secondary N) is 1. The summed E-state index contributed by atoms with van der Waals surface area (Å²) in [7, 11) is 1.42. The molecule has 0 aromatic heterocycles. The van der Waals surface area contributed by atoms with Crippen LogP contribution in [0.5, 0.6) is 0 Å². The number of carbonyl (C=O) groups excluding carboxylic acids is 1. The first-order chi connectivity index (χ1) is 7.41. The fourth-order valence-corrected chi connectivity index (χ4v) is 2.07. The third-order valence-corrected chi connectivity index (χ3v) is 2.84. The number of carbonyl (C=O) groups is 1. The number of likely N-dealkylation sites (tertiary alicyclic amines) is 1. The van der Waals surface area contributed by atoms with Crippen molar-refractivity contribution < 1.29 is 18.0 Å². The summed E-state index contributed by atoms with van der Waals surface area (Å²) in [5.41, 5.74) is 5.15. The van der Waals surface area contributed by atoms with Gasteiger partial charge >= 0.3 is 6.18 Å². The van der Waals surface area contributed by atoms with Crippen LogP contribution in [0.25, 0.3) is 0 Å². The van der Waals surface area contributed by atoms with Crippen LogP contribution in [0.4, 0.5) is 13.2 Å². The summed E-state index contributed by atoms with van der Waals surface area (Å²) in [6.45, 7) is -0.254. The van der Waals surface area contributed by atoms with E-state index in [-0.39, 0.29) is 12.5 Å². The van der Waals surface area contributed by atoms with Gasteiger partial charge in [0, 0.05) is 13.6 Å². The molecule has 1 saturated heterocycles. The minimum Gasteiger partial charge on any atom is -0.358 e.